The summed E-state index contributed by atoms with van der Waals surface area (Å²) in [5, 5.41) is 0. The third-order valence-corrected chi connectivity index (χ3v) is 1.63. The number of aromatic nitrogens is 1. The molecule has 1 heterocycles. The Bertz CT molecular complexity index is 178. The molecule has 54 valence electrons. The van der Waals surface area contributed by atoms with Gasteiger partial charge in [0.05, 0.1) is 6.61 Å². The van der Waals surface area contributed by atoms with Crippen LogP contribution in [-0.4, -0.2) is 11.6 Å². The summed E-state index contributed by atoms with van der Waals surface area (Å²) >= 11 is 1.89. The third-order valence-electron chi connectivity index (χ3n) is 1.19. The molecular formula is C7H8INO. The second kappa shape index (κ2) is 4.62. The van der Waals surface area contributed by atoms with Crippen molar-refractivity contribution < 1.29 is 3.07 Å². The first-order valence-electron chi connectivity index (χ1n) is 3.06. The summed E-state index contributed by atoms with van der Waals surface area (Å²) < 4.78 is 4.89. The van der Waals surface area contributed by atoms with Crippen LogP contribution in [0.3, 0.4) is 0 Å². The van der Waals surface area contributed by atoms with Gasteiger partial charge in [0, 0.05) is 12.4 Å². The summed E-state index contributed by atoms with van der Waals surface area (Å²) in [5.74, 6) is 0. The highest BCUT2D eigenvalue weighted by atomic mass is 127. The summed E-state index contributed by atoms with van der Waals surface area (Å²) in [4.78, 5) is 3.98. The van der Waals surface area contributed by atoms with E-state index in [1.165, 1.54) is 5.56 Å². The van der Waals surface area contributed by atoms with Crippen molar-refractivity contribution in [3.05, 3.63) is 30.1 Å². The number of pyridine rings is 1. The van der Waals surface area contributed by atoms with Crippen LogP contribution >= 0.6 is 23.0 Å². The normalized spacial score (nSPS) is 9.70. The van der Waals surface area contributed by atoms with Crippen molar-refractivity contribution in [3.8, 4) is 0 Å². The minimum absolute atomic E-state index is 0.756. The molecule has 2 nitrogen and oxygen atoms in total. The average Bonchev–Trinajstić information content (AvgIpc) is 2.03. The Labute approximate surface area is 74.3 Å². The Morgan fingerprint density at radius 3 is 3.10 bits per heavy atom. The zero-order valence-electron chi connectivity index (χ0n) is 5.46. The molecule has 3 heteroatoms. The van der Waals surface area contributed by atoms with Crippen molar-refractivity contribution in [2.24, 2.45) is 0 Å². The van der Waals surface area contributed by atoms with Crippen LogP contribution in [0, 0.1) is 0 Å². The summed E-state index contributed by atoms with van der Waals surface area (Å²) in [7, 11) is 0. The molecule has 1 aromatic heterocycles. The smallest absolute Gasteiger partial charge is 0.109 e. The first kappa shape index (κ1) is 7.94. The van der Waals surface area contributed by atoms with Crippen molar-refractivity contribution in [2.45, 2.75) is 6.42 Å². The van der Waals surface area contributed by atoms with E-state index in [-0.39, 0.29) is 0 Å². The Morgan fingerprint density at radius 2 is 2.50 bits per heavy atom. The Hall–Kier alpha value is -0.160. The van der Waals surface area contributed by atoms with Crippen molar-refractivity contribution >= 4 is 23.0 Å². The van der Waals surface area contributed by atoms with E-state index in [1.807, 2.05) is 41.3 Å². The van der Waals surface area contributed by atoms with Crippen LogP contribution in [0.5, 0.6) is 0 Å². The summed E-state index contributed by atoms with van der Waals surface area (Å²) in [6, 6.07) is 3.98. The number of halogens is 1. The number of rotatable bonds is 3. The van der Waals surface area contributed by atoms with E-state index in [4.69, 9.17) is 3.07 Å². The molecule has 0 fully saturated rings. The number of hydrogen-bond donors (Lipinski definition) is 0. The molecule has 0 aliphatic heterocycles. The quantitative estimate of drug-likeness (QED) is 0.764. The molecule has 1 aromatic rings. The van der Waals surface area contributed by atoms with Crippen LogP contribution in [0.15, 0.2) is 24.5 Å². The van der Waals surface area contributed by atoms with E-state index < -0.39 is 0 Å². The predicted octanol–water partition coefficient (Wildman–Crippen LogP) is 1.99. The van der Waals surface area contributed by atoms with Crippen LogP contribution < -0.4 is 0 Å². The van der Waals surface area contributed by atoms with E-state index in [2.05, 4.69) is 4.98 Å². The average molecular weight is 249 g/mol. The molecule has 0 saturated heterocycles. The van der Waals surface area contributed by atoms with Crippen LogP contribution in [0.1, 0.15) is 5.56 Å². The number of nitrogens with zero attached hydrogens (tertiary/aromatic N) is 1. The van der Waals surface area contributed by atoms with Gasteiger partial charge in [0.25, 0.3) is 0 Å². The SMILES string of the molecule is IOCCc1cccnc1. The van der Waals surface area contributed by atoms with E-state index in [1.54, 1.807) is 6.20 Å². The van der Waals surface area contributed by atoms with E-state index in [9.17, 15) is 0 Å². The molecule has 0 unspecified atom stereocenters. The van der Waals surface area contributed by atoms with Crippen molar-refractivity contribution in [1.29, 1.82) is 0 Å². The largest absolute Gasteiger partial charge is 0.315 e. The fourth-order valence-electron chi connectivity index (χ4n) is 0.702. The van der Waals surface area contributed by atoms with Crippen LogP contribution in [-0.2, 0) is 9.49 Å². The molecule has 0 spiro atoms. The number of hydrogen-bond acceptors (Lipinski definition) is 2. The molecular weight excluding hydrogens is 241 g/mol. The van der Waals surface area contributed by atoms with Crippen LogP contribution in [0.4, 0.5) is 0 Å². The van der Waals surface area contributed by atoms with Gasteiger partial charge in [-0.2, -0.15) is 0 Å². The molecule has 0 radical (unpaired) electrons. The standard InChI is InChI=1S/C7H8INO/c8-10-5-3-7-2-1-4-9-6-7/h1-2,4,6H,3,5H2. The first-order chi connectivity index (χ1) is 4.93. The van der Waals surface area contributed by atoms with Crippen LogP contribution in [0.2, 0.25) is 0 Å². The summed E-state index contributed by atoms with van der Waals surface area (Å²) in [6.45, 7) is 0.756. The molecule has 1 rings (SSSR count). The molecule has 0 aromatic carbocycles. The summed E-state index contributed by atoms with van der Waals surface area (Å²) in [5.41, 5.74) is 1.22. The van der Waals surface area contributed by atoms with Gasteiger partial charge in [0.1, 0.15) is 23.0 Å². The second-order valence-electron chi connectivity index (χ2n) is 1.92. The van der Waals surface area contributed by atoms with Gasteiger partial charge in [0.15, 0.2) is 0 Å². The van der Waals surface area contributed by atoms with E-state index in [0.29, 0.717) is 0 Å². The highest BCUT2D eigenvalue weighted by Crippen LogP contribution is 1.98. The molecule has 0 bridgehead atoms. The lowest BCUT2D eigenvalue weighted by atomic mass is 10.2. The Kier molecular flexibility index (Phi) is 3.67. The third kappa shape index (κ3) is 2.62. The highest BCUT2D eigenvalue weighted by Gasteiger charge is 1.89. The van der Waals surface area contributed by atoms with Crippen molar-refractivity contribution in [2.75, 3.05) is 6.61 Å². The van der Waals surface area contributed by atoms with E-state index >= 15 is 0 Å². The summed E-state index contributed by atoms with van der Waals surface area (Å²) in [6.07, 6.45) is 4.57. The fraction of sp³-hybridized carbons (Fsp3) is 0.286. The zero-order valence-corrected chi connectivity index (χ0v) is 7.61. The van der Waals surface area contributed by atoms with Gasteiger partial charge in [-0.05, 0) is 18.1 Å². The molecule has 0 saturated carbocycles. The maximum atomic E-state index is 4.89. The lowest BCUT2D eigenvalue weighted by molar-refractivity contribution is 0.431. The zero-order chi connectivity index (χ0) is 7.23. The first-order valence-corrected chi connectivity index (χ1v) is 3.94. The maximum Gasteiger partial charge on any atom is 0.109 e. The van der Waals surface area contributed by atoms with Crippen LogP contribution in [0.25, 0.3) is 0 Å². The minimum Gasteiger partial charge on any atom is -0.315 e. The Morgan fingerprint density at radius 1 is 1.60 bits per heavy atom. The van der Waals surface area contributed by atoms with Crippen molar-refractivity contribution in [3.63, 3.8) is 0 Å². The molecule has 10 heavy (non-hydrogen) atoms. The van der Waals surface area contributed by atoms with Gasteiger partial charge in [-0.15, -0.1) is 0 Å². The lowest BCUT2D eigenvalue weighted by Gasteiger charge is -1.95. The van der Waals surface area contributed by atoms with Gasteiger partial charge in [0.2, 0.25) is 0 Å². The highest BCUT2D eigenvalue weighted by molar-refractivity contribution is 14.1. The van der Waals surface area contributed by atoms with Gasteiger partial charge in [-0.1, -0.05) is 6.07 Å². The lowest BCUT2D eigenvalue weighted by Crippen LogP contribution is -1.90. The van der Waals surface area contributed by atoms with Gasteiger partial charge >= 0.3 is 0 Å². The predicted molar refractivity (Wildman–Crippen MR) is 47.9 cm³/mol. The van der Waals surface area contributed by atoms with Gasteiger partial charge in [-0.25, -0.2) is 0 Å². The second-order valence-corrected chi connectivity index (χ2v) is 2.55. The Balaban J connectivity index is 2.43. The fourth-order valence-corrected chi connectivity index (χ4v) is 0.923. The maximum absolute atomic E-state index is 4.89. The molecule has 0 aliphatic carbocycles. The molecule has 0 N–H and O–H groups in total. The monoisotopic (exact) mass is 249 g/mol. The molecule has 0 aliphatic rings. The van der Waals surface area contributed by atoms with E-state index in [0.717, 1.165) is 13.0 Å². The molecule has 0 atom stereocenters. The molecule has 0 amide bonds. The van der Waals surface area contributed by atoms with Gasteiger partial charge < -0.3 is 3.07 Å². The minimum atomic E-state index is 0.756. The van der Waals surface area contributed by atoms with Crippen molar-refractivity contribution in [1.82, 2.24) is 4.98 Å². The van der Waals surface area contributed by atoms with Gasteiger partial charge in [-0.3, -0.25) is 4.98 Å². The topological polar surface area (TPSA) is 22.1 Å².